The minimum absolute atomic E-state index is 0.241. The Morgan fingerprint density at radius 1 is 0.705 bits per heavy atom. The molecule has 0 bridgehead atoms. The summed E-state index contributed by atoms with van der Waals surface area (Å²) >= 11 is 0. The second kappa shape index (κ2) is 16.8. The molecule has 1 saturated heterocycles. The summed E-state index contributed by atoms with van der Waals surface area (Å²) in [6.45, 7) is 11.6. The fourth-order valence-electron chi connectivity index (χ4n) is 7.57. The molecule has 1 saturated carbocycles. The Kier molecular flexibility index (Phi) is 12.6. The van der Waals surface area contributed by atoms with Crippen LogP contribution in [0.25, 0.3) is 11.1 Å². The number of hydrogen-bond donors (Lipinski definition) is 0. The maximum absolute atomic E-state index is 6.26. The minimum atomic E-state index is -0.314. The molecular weight excluding hydrogens is 540 g/mol. The van der Waals surface area contributed by atoms with Crippen LogP contribution in [-0.2, 0) is 9.47 Å². The molecule has 3 aliphatic carbocycles. The summed E-state index contributed by atoms with van der Waals surface area (Å²) in [5.74, 6) is 4.22. The molecule has 44 heavy (non-hydrogen) atoms. The van der Waals surface area contributed by atoms with Crippen molar-refractivity contribution in [1.82, 2.24) is 0 Å². The van der Waals surface area contributed by atoms with E-state index in [0.717, 1.165) is 42.1 Å². The molecule has 5 rings (SSSR count). The van der Waals surface area contributed by atoms with Crippen LogP contribution in [0.5, 0.6) is 5.75 Å². The molecule has 1 aromatic rings. The van der Waals surface area contributed by atoms with Crippen LogP contribution in [0.2, 0.25) is 0 Å². The lowest BCUT2D eigenvalue weighted by Gasteiger charge is -2.37. The van der Waals surface area contributed by atoms with Gasteiger partial charge in [0.1, 0.15) is 5.75 Å². The first-order chi connectivity index (χ1) is 21.5. The van der Waals surface area contributed by atoms with E-state index in [1.54, 1.807) is 0 Å². The first-order valence-corrected chi connectivity index (χ1v) is 18.0. The van der Waals surface area contributed by atoms with E-state index in [4.69, 9.17) is 14.2 Å². The summed E-state index contributed by atoms with van der Waals surface area (Å²) in [5, 5.41) is 0. The third kappa shape index (κ3) is 9.10. The Bertz CT molecular complexity index is 1170. The van der Waals surface area contributed by atoms with Crippen molar-refractivity contribution in [2.75, 3.05) is 19.8 Å². The molecule has 1 heterocycles. The van der Waals surface area contributed by atoms with Crippen molar-refractivity contribution in [3.8, 4) is 16.9 Å². The Hall–Kier alpha value is -2.36. The van der Waals surface area contributed by atoms with Gasteiger partial charge in [-0.25, -0.2) is 0 Å². The van der Waals surface area contributed by atoms with Gasteiger partial charge < -0.3 is 14.2 Å². The SMILES string of the molecule is CCCCCCCCCCCOc1ccc(C2COC(c3ccc4cc([C@@H]5C[C@H](C)CC[C@H]5C(C)C)cc-4cc3)OC2)cc1. The molecule has 3 heteroatoms. The summed E-state index contributed by atoms with van der Waals surface area (Å²) in [6.07, 6.45) is 15.7. The van der Waals surface area contributed by atoms with E-state index in [1.807, 2.05) is 0 Å². The van der Waals surface area contributed by atoms with Gasteiger partial charge in [-0.1, -0.05) is 134 Å². The van der Waals surface area contributed by atoms with E-state index in [1.165, 1.54) is 92.9 Å². The minimum Gasteiger partial charge on any atom is -0.494 e. The number of hydrogen-bond acceptors (Lipinski definition) is 3. The highest BCUT2D eigenvalue weighted by molar-refractivity contribution is 5.69. The second-order valence-corrected chi connectivity index (χ2v) is 14.2. The van der Waals surface area contributed by atoms with Crippen LogP contribution in [0, 0.1) is 17.8 Å². The van der Waals surface area contributed by atoms with Crippen LogP contribution in [0.4, 0.5) is 0 Å². The average Bonchev–Trinajstić information content (AvgIpc) is 3.34. The number of rotatable bonds is 15. The molecule has 1 aromatic carbocycles. The molecule has 0 unspecified atom stereocenters. The molecule has 0 N–H and O–H groups in total. The third-order valence-corrected chi connectivity index (χ3v) is 10.4. The predicted octanol–water partition coefficient (Wildman–Crippen LogP) is 11.7. The highest BCUT2D eigenvalue weighted by Crippen LogP contribution is 2.46. The molecular formula is C41H58O3. The molecule has 2 fully saturated rings. The molecule has 0 amide bonds. The topological polar surface area (TPSA) is 27.7 Å². The number of fused-ring (bicyclic) bond motifs is 1. The van der Waals surface area contributed by atoms with Gasteiger partial charge in [0.25, 0.3) is 0 Å². The van der Waals surface area contributed by atoms with E-state index in [9.17, 15) is 0 Å². The normalized spacial score (nSPS) is 24.2. The van der Waals surface area contributed by atoms with Gasteiger partial charge in [-0.3, -0.25) is 0 Å². The van der Waals surface area contributed by atoms with Gasteiger partial charge in [-0.05, 0) is 77.3 Å². The lowest BCUT2D eigenvalue weighted by Crippen LogP contribution is -2.25. The first-order valence-electron chi connectivity index (χ1n) is 18.0. The largest absolute Gasteiger partial charge is 0.494 e. The van der Waals surface area contributed by atoms with Crippen LogP contribution in [0.3, 0.4) is 0 Å². The van der Waals surface area contributed by atoms with E-state index >= 15 is 0 Å². The fraction of sp³-hybridized carbons (Fsp3) is 0.610. The monoisotopic (exact) mass is 598 g/mol. The zero-order valence-corrected chi connectivity index (χ0v) is 28.1. The van der Waals surface area contributed by atoms with Gasteiger partial charge in [0.2, 0.25) is 0 Å². The van der Waals surface area contributed by atoms with Crippen molar-refractivity contribution < 1.29 is 14.2 Å². The van der Waals surface area contributed by atoms with E-state index in [2.05, 4.69) is 88.4 Å². The molecule has 3 nitrogen and oxygen atoms in total. The van der Waals surface area contributed by atoms with Crippen LogP contribution >= 0.6 is 0 Å². The molecule has 1 aliphatic heterocycles. The Morgan fingerprint density at radius 3 is 1.91 bits per heavy atom. The average molecular weight is 599 g/mol. The van der Waals surface area contributed by atoms with Crippen molar-refractivity contribution in [3.63, 3.8) is 0 Å². The Balaban J connectivity index is 1.07. The van der Waals surface area contributed by atoms with Gasteiger partial charge in [-0.15, -0.1) is 0 Å². The van der Waals surface area contributed by atoms with Crippen LogP contribution in [-0.4, -0.2) is 19.8 Å². The molecule has 0 aromatic heterocycles. The lowest BCUT2D eigenvalue weighted by atomic mass is 9.68. The summed E-state index contributed by atoms with van der Waals surface area (Å²) < 4.78 is 18.5. The maximum Gasteiger partial charge on any atom is 0.183 e. The fourth-order valence-corrected chi connectivity index (χ4v) is 7.57. The predicted molar refractivity (Wildman–Crippen MR) is 184 cm³/mol. The smallest absolute Gasteiger partial charge is 0.183 e. The van der Waals surface area contributed by atoms with Crippen molar-refractivity contribution in [2.24, 2.45) is 17.8 Å². The van der Waals surface area contributed by atoms with E-state index in [0.29, 0.717) is 19.1 Å². The van der Waals surface area contributed by atoms with Crippen molar-refractivity contribution >= 4 is 0 Å². The maximum atomic E-state index is 6.26. The quantitative estimate of drug-likeness (QED) is 0.163. The molecule has 0 radical (unpaired) electrons. The summed E-state index contributed by atoms with van der Waals surface area (Å²) in [5.41, 5.74) is 6.51. The molecule has 240 valence electrons. The number of unbranched alkanes of at least 4 members (excludes halogenated alkanes) is 8. The van der Waals surface area contributed by atoms with E-state index in [-0.39, 0.29) is 12.2 Å². The Labute approximate surface area is 268 Å². The highest BCUT2D eigenvalue weighted by atomic mass is 16.7. The van der Waals surface area contributed by atoms with Gasteiger partial charge >= 0.3 is 0 Å². The lowest BCUT2D eigenvalue weighted by molar-refractivity contribution is -0.191. The van der Waals surface area contributed by atoms with Gasteiger partial charge in [0.05, 0.1) is 19.8 Å². The first kappa shape index (κ1) is 33.0. The van der Waals surface area contributed by atoms with Crippen molar-refractivity contribution in [3.05, 3.63) is 77.4 Å². The van der Waals surface area contributed by atoms with Crippen LogP contribution in [0.1, 0.15) is 140 Å². The van der Waals surface area contributed by atoms with Gasteiger partial charge in [0.15, 0.2) is 6.29 Å². The summed E-state index contributed by atoms with van der Waals surface area (Å²) in [6, 6.07) is 22.3. The van der Waals surface area contributed by atoms with Crippen LogP contribution < -0.4 is 4.74 Å². The zero-order valence-electron chi connectivity index (χ0n) is 28.1. The van der Waals surface area contributed by atoms with Crippen molar-refractivity contribution in [1.29, 1.82) is 0 Å². The van der Waals surface area contributed by atoms with Crippen molar-refractivity contribution in [2.45, 2.75) is 123 Å². The molecule has 0 spiro atoms. The molecule has 3 atom stereocenters. The van der Waals surface area contributed by atoms with Crippen LogP contribution in [0.15, 0.2) is 60.7 Å². The number of benzene rings is 1. The van der Waals surface area contributed by atoms with Gasteiger partial charge in [0, 0.05) is 11.5 Å². The molecule has 4 aliphatic rings. The zero-order chi connectivity index (χ0) is 30.7. The Morgan fingerprint density at radius 2 is 1.30 bits per heavy atom. The summed E-state index contributed by atoms with van der Waals surface area (Å²) in [4.78, 5) is 0. The third-order valence-electron chi connectivity index (χ3n) is 10.4. The number of ether oxygens (including phenoxy) is 3. The second-order valence-electron chi connectivity index (χ2n) is 14.2. The highest BCUT2D eigenvalue weighted by Gasteiger charge is 2.32. The summed E-state index contributed by atoms with van der Waals surface area (Å²) in [7, 11) is 0. The van der Waals surface area contributed by atoms with E-state index < -0.39 is 0 Å². The standard InChI is InChI=1S/C41H58O3/c1-5-6-7-8-9-10-11-12-13-24-42-38-21-19-32(20-22-38)37-28-43-41(44-29-37)33-15-17-34-26-36(27-35(34)18-16-33)40-25-31(4)14-23-39(40)30(2)3/h15-22,26-27,30-31,37,39-41H,5-14,23-25,28-29H2,1-4H3/t31-,37?,39+,40+,41?/m1/s1. The van der Waals surface area contributed by atoms with Gasteiger partial charge in [-0.2, -0.15) is 0 Å².